The fraction of sp³-hybridized carbons (Fsp3) is 0.357. The van der Waals surface area contributed by atoms with Gasteiger partial charge >= 0.3 is 0 Å². The van der Waals surface area contributed by atoms with E-state index in [1.54, 1.807) is 0 Å². The lowest BCUT2D eigenvalue weighted by Gasteiger charge is -2.17. The van der Waals surface area contributed by atoms with Crippen LogP contribution < -0.4 is 9.47 Å². The minimum Gasteiger partial charge on any atom is -0.370 e. The smallest absolute Gasteiger partial charge is 0.214 e. The summed E-state index contributed by atoms with van der Waals surface area (Å²) in [5, 5.41) is 1.39. The SMILES string of the molecule is CCN1CCc2c[n+](C)c3ccccc3c21. The number of aryl methyl sites for hydroxylation is 1. The van der Waals surface area contributed by atoms with Gasteiger partial charge in [0.2, 0.25) is 5.52 Å². The molecular formula is C14H17N2+. The molecule has 1 aliphatic rings. The third-order valence-electron chi connectivity index (χ3n) is 3.54. The molecule has 0 saturated heterocycles. The average molecular weight is 213 g/mol. The molecule has 2 heterocycles. The van der Waals surface area contributed by atoms with Crippen LogP contribution in [0.4, 0.5) is 5.69 Å². The quantitative estimate of drug-likeness (QED) is 0.658. The van der Waals surface area contributed by atoms with Crippen LogP contribution in [0.3, 0.4) is 0 Å². The average Bonchev–Trinajstić information content (AvgIpc) is 2.72. The molecule has 0 atom stereocenters. The first-order valence-electron chi connectivity index (χ1n) is 5.96. The number of rotatable bonds is 1. The van der Waals surface area contributed by atoms with Crippen molar-refractivity contribution in [3.63, 3.8) is 0 Å². The lowest BCUT2D eigenvalue weighted by atomic mass is 10.1. The van der Waals surface area contributed by atoms with E-state index in [2.05, 4.69) is 53.9 Å². The lowest BCUT2D eigenvalue weighted by molar-refractivity contribution is -0.645. The van der Waals surface area contributed by atoms with Gasteiger partial charge in [-0.1, -0.05) is 12.1 Å². The van der Waals surface area contributed by atoms with Crippen molar-refractivity contribution in [1.29, 1.82) is 0 Å². The van der Waals surface area contributed by atoms with Gasteiger partial charge in [-0.2, -0.15) is 0 Å². The highest BCUT2D eigenvalue weighted by Gasteiger charge is 2.24. The fourth-order valence-corrected chi connectivity index (χ4v) is 2.76. The van der Waals surface area contributed by atoms with Crippen molar-refractivity contribution in [1.82, 2.24) is 0 Å². The van der Waals surface area contributed by atoms with Crippen LogP contribution in [-0.4, -0.2) is 13.1 Å². The Balaban J connectivity index is 2.37. The summed E-state index contributed by atoms with van der Waals surface area (Å²) in [6.07, 6.45) is 3.47. The van der Waals surface area contributed by atoms with Crippen LogP contribution in [0.15, 0.2) is 30.5 Å². The van der Waals surface area contributed by atoms with Gasteiger partial charge in [0.1, 0.15) is 7.05 Å². The molecule has 0 N–H and O–H groups in total. The first-order valence-corrected chi connectivity index (χ1v) is 5.96. The standard InChI is InChI=1S/C14H17N2/c1-3-16-9-8-11-10-15(2)13-7-5-4-6-12(13)14(11)16/h4-7,10H,3,8-9H2,1-2H3/q+1. The number of para-hydroxylation sites is 1. The molecule has 0 amide bonds. The van der Waals surface area contributed by atoms with E-state index in [1.165, 1.54) is 35.1 Å². The Bertz CT molecular complexity index is 546. The summed E-state index contributed by atoms with van der Waals surface area (Å²) in [4.78, 5) is 2.48. The maximum Gasteiger partial charge on any atom is 0.214 e. The van der Waals surface area contributed by atoms with E-state index in [4.69, 9.17) is 0 Å². The molecule has 2 heteroatoms. The molecule has 82 valence electrons. The largest absolute Gasteiger partial charge is 0.370 e. The number of anilines is 1. The zero-order chi connectivity index (χ0) is 11.1. The van der Waals surface area contributed by atoms with Crippen LogP contribution in [0, 0.1) is 0 Å². The number of fused-ring (bicyclic) bond motifs is 3. The maximum atomic E-state index is 2.48. The van der Waals surface area contributed by atoms with Crippen molar-refractivity contribution in [3.8, 4) is 0 Å². The second-order valence-electron chi connectivity index (χ2n) is 4.46. The molecule has 2 aromatic rings. The van der Waals surface area contributed by atoms with Crippen LogP contribution in [0.25, 0.3) is 10.9 Å². The van der Waals surface area contributed by atoms with Gasteiger partial charge in [0, 0.05) is 24.7 Å². The summed E-state index contributed by atoms with van der Waals surface area (Å²) in [6.45, 7) is 4.50. The summed E-state index contributed by atoms with van der Waals surface area (Å²) < 4.78 is 2.24. The van der Waals surface area contributed by atoms with Crippen molar-refractivity contribution in [3.05, 3.63) is 36.0 Å². The zero-order valence-corrected chi connectivity index (χ0v) is 9.90. The molecule has 1 aliphatic heterocycles. The molecule has 0 radical (unpaired) electrons. The van der Waals surface area contributed by atoms with Gasteiger partial charge in [0.25, 0.3) is 0 Å². The van der Waals surface area contributed by atoms with Crippen LogP contribution in [0.5, 0.6) is 0 Å². The first kappa shape index (κ1) is 9.64. The number of nitrogens with zero attached hydrogens (tertiary/aromatic N) is 2. The predicted molar refractivity (Wildman–Crippen MR) is 66.7 cm³/mol. The van der Waals surface area contributed by atoms with E-state index in [-0.39, 0.29) is 0 Å². The third-order valence-corrected chi connectivity index (χ3v) is 3.54. The normalized spacial score (nSPS) is 14.5. The highest BCUT2D eigenvalue weighted by atomic mass is 15.1. The molecule has 0 saturated carbocycles. The maximum absolute atomic E-state index is 2.48. The van der Waals surface area contributed by atoms with Gasteiger partial charge in [0.05, 0.1) is 11.1 Å². The second-order valence-corrected chi connectivity index (χ2v) is 4.46. The van der Waals surface area contributed by atoms with Crippen LogP contribution in [-0.2, 0) is 13.5 Å². The highest BCUT2D eigenvalue weighted by molar-refractivity contribution is 5.92. The fourth-order valence-electron chi connectivity index (χ4n) is 2.76. The molecule has 1 aromatic carbocycles. The van der Waals surface area contributed by atoms with Crippen molar-refractivity contribution >= 4 is 16.6 Å². The van der Waals surface area contributed by atoms with Crippen molar-refractivity contribution in [2.75, 3.05) is 18.0 Å². The first-order chi connectivity index (χ1) is 7.81. The van der Waals surface area contributed by atoms with E-state index >= 15 is 0 Å². The molecule has 3 rings (SSSR count). The number of aromatic nitrogens is 1. The summed E-state index contributed by atoms with van der Waals surface area (Å²) in [7, 11) is 2.14. The second kappa shape index (κ2) is 3.48. The lowest BCUT2D eigenvalue weighted by Crippen LogP contribution is -2.29. The third kappa shape index (κ3) is 1.22. The molecule has 0 fully saturated rings. The Morgan fingerprint density at radius 1 is 1.31 bits per heavy atom. The number of pyridine rings is 1. The van der Waals surface area contributed by atoms with Crippen LogP contribution in [0.1, 0.15) is 12.5 Å². The van der Waals surface area contributed by atoms with Crippen LogP contribution in [0.2, 0.25) is 0 Å². The number of benzene rings is 1. The Morgan fingerprint density at radius 3 is 2.94 bits per heavy atom. The monoisotopic (exact) mass is 213 g/mol. The summed E-state index contributed by atoms with van der Waals surface area (Å²) >= 11 is 0. The molecule has 2 nitrogen and oxygen atoms in total. The number of hydrogen-bond donors (Lipinski definition) is 0. The number of hydrogen-bond acceptors (Lipinski definition) is 1. The molecule has 16 heavy (non-hydrogen) atoms. The van der Waals surface area contributed by atoms with Gasteiger partial charge in [-0.3, -0.25) is 0 Å². The van der Waals surface area contributed by atoms with Gasteiger partial charge in [-0.15, -0.1) is 0 Å². The molecule has 0 aliphatic carbocycles. The predicted octanol–water partition coefficient (Wildman–Crippen LogP) is 2.05. The summed E-state index contributed by atoms with van der Waals surface area (Å²) in [5.74, 6) is 0. The highest BCUT2D eigenvalue weighted by Crippen LogP contribution is 2.33. The minimum atomic E-state index is 1.10. The minimum absolute atomic E-state index is 1.10. The van der Waals surface area contributed by atoms with Crippen molar-refractivity contribution < 1.29 is 4.57 Å². The summed E-state index contributed by atoms with van der Waals surface area (Å²) in [5.41, 5.74) is 4.26. The van der Waals surface area contributed by atoms with Gasteiger partial charge in [-0.05, 0) is 19.4 Å². The van der Waals surface area contributed by atoms with E-state index < -0.39 is 0 Å². The van der Waals surface area contributed by atoms with Gasteiger partial charge < -0.3 is 4.90 Å². The summed E-state index contributed by atoms with van der Waals surface area (Å²) in [6, 6.07) is 8.68. The van der Waals surface area contributed by atoms with Crippen molar-refractivity contribution in [2.24, 2.45) is 7.05 Å². The Labute approximate surface area is 96.1 Å². The van der Waals surface area contributed by atoms with E-state index in [0.717, 1.165) is 6.54 Å². The topological polar surface area (TPSA) is 7.12 Å². The molecular weight excluding hydrogens is 196 g/mol. The zero-order valence-electron chi connectivity index (χ0n) is 9.90. The molecule has 0 bridgehead atoms. The van der Waals surface area contributed by atoms with E-state index in [1.807, 2.05) is 0 Å². The van der Waals surface area contributed by atoms with Crippen molar-refractivity contribution in [2.45, 2.75) is 13.3 Å². The molecule has 0 spiro atoms. The number of likely N-dealkylation sites (N-methyl/N-ethyl adjacent to an activating group) is 1. The molecule has 0 unspecified atom stereocenters. The van der Waals surface area contributed by atoms with E-state index in [0.29, 0.717) is 0 Å². The van der Waals surface area contributed by atoms with Gasteiger partial charge in [0.15, 0.2) is 6.20 Å². The Kier molecular flexibility index (Phi) is 2.10. The Hall–Kier alpha value is -1.57. The Morgan fingerprint density at radius 2 is 2.12 bits per heavy atom. The van der Waals surface area contributed by atoms with Crippen LogP contribution >= 0.6 is 0 Å². The molecule has 1 aromatic heterocycles. The van der Waals surface area contributed by atoms with E-state index in [9.17, 15) is 0 Å². The van der Waals surface area contributed by atoms with Gasteiger partial charge in [-0.25, -0.2) is 4.57 Å².